The summed E-state index contributed by atoms with van der Waals surface area (Å²) in [5.74, 6) is 0.420. The predicted octanol–water partition coefficient (Wildman–Crippen LogP) is 0.236. The largest absolute Gasteiger partial charge is 0.471 e. The summed E-state index contributed by atoms with van der Waals surface area (Å²) in [5.41, 5.74) is 0. The van der Waals surface area contributed by atoms with Crippen molar-refractivity contribution >= 4 is 5.91 Å². The Kier molecular flexibility index (Phi) is 2.25. The Morgan fingerprint density at radius 3 is 2.86 bits per heavy atom. The highest BCUT2D eigenvalue weighted by Crippen LogP contribution is 2.14. The van der Waals surface area contributed by atoms with Gasteiger partial charge >= 0.3 is 0 Å². The lowest BCUT2D eigenvalue weighted by molar-refractivity contribution is 0.0350. The van der Waals surface area contributed by atoms with Crippen molar-refractivity contribution in [1.29, 1.82) is 0 Å². The molecule has 0 aliphatic carbocycles. The Morgan fingerprint density at radius 2 is 2.36 bits per heavy atom. The first-order valence-corrected chi connectivity index (χ1v) is 4.57. The van der Waals surface area contributed by atoms with Gasteiger partial charge in [-0.05, 0) is 7.05 Å². The summed E-state index contributed by atoms with van der Waals surface area (Å²) in [6, 6.07) is 1.71. The third kappa shape index (κ3) is 1.77. The standard InChI is InChI=1S/C9H13N3O2/c1-7(13)12-4-3-9(10-12)14-8-5-11(2)6-8/h3-4,8H,5-6H2,1-2H3. The van der Waals surface area contributed by atoms with Crippen LogP contribution in [0.25, 0.3) is 0 Å². The quantitative estimate of drug-likeness (QED) is 0.678. The molecule has 0 unspecified atom stereocenters. The van der Waals surface area contributed by atoms with Gasteiger partial charge in [0.25, 0.3) is 0 Å². The number of likely N-dealkylation sites (tertiary alicyclic amines) is 1. The van der Waals surface area contributed by atoms with E-state index >= 15 is 0 Å². The fraction of sp³-hybridized carbons (Fsp3) is 0.556. The molecule has 2 heterocycles. The molecule has 1 fully saturated rings. The summed E-state index contributed by atoms with van der Waals surface area (Å²) in [6.07, 6.45) is 1.83. The van der Waals surface area contributed by atoms with Crippen molar-refractivity contribution in [1.82, 2.24) is 14.7 Å². The molecule has 5 nitrogen and oxygen atoms in total. The topological polar surface area (TPSA) is 47.4 Å². The summed E-state index contributed by atoms with van der Waals surface area (Å²) in [4.78, 5) is 13.1. The van der Waals surface area contributed by atoms with Crippen molar-refractivity contribution in [3.05, 3.63) is 12.3 Å². The molecule has 0 saturated carbocycles. The van der Waals surface area contributed by atoms with Gasteiger partial charge in [0.1, 0.15) is 6.10 Å². The van der Waals surface area contributed by atoms with E-state index < -0.39 is 0 Å². The second kappa shape index (κ2) is 3.42. The Bertz CT molecular complexity index is 342. The first-order valence-electron chi connectivity index (χ1n) is 4.57. The lowest BCUT2D eigenvalue weighted by Gasteiger charge is -2.35. The lowest BCUT2D eigenvalue weighted by atomic mass is 10.2. The highest BCUT2D eigenvalue weighted by molar-refractivity contribution is 5.75. The second-order valence-electron chi connectivity index (χ2n) is 3.58. The molecule has 1 aliphatic rings. The maximum atomic E-state index is 10.9. The van der Waals surface area contributed by atoms with Crippen molar-refractivity contribution in [2.75, 3.05) is 20.1 Å². The Morgan fingerprint density at radius 1 is 1.64 bits per heavy atom. The fourth-order valence-electron chi connectivity index (χ4n) is 1.43. The van der Waals surface area contributed by atoms with E-state index in [0.717, 1.165) is 13.1 Å². The Hall–Kier alpha value is -1.36. The summed E-state index contributed by atoms with van der Waals surface area (Å²) < 4.78 is 6.80. The van der Waals surface area contributed by atoms with Crippen LogP contribution in [0.15, 0.2) is 12.3 Å². The molecule has 0 radical (unpaired) electrons. The van der Waals surface area contributed by atoms with Crippen molar-refractivity contribution in [2.24, 2.45) is 0 Å². The molecule has 2 rings (SSSR count). The molecule has 76 valence electrons. The van der Waals surface area contributed by atoms with Crippen LogP contribution in [-0.2, 0) is 0 Å². The van der Waals surface area contributed by atoms with E-state index in [4.69, 9.17) is 4.74 Å². The molecule has 0 atom stereocenters. The zero-order valence-corrected chi connectivity index (χ0v) is 8.30. The molecule has 0 aromatic carbocycles. The van der Waals surface area contributed by atoms with Gasteiger partial charge in [-0.1, -0.05) is 0 Å². The van der Waals surface area contributed by atoms with E-state index in [-0.39, 0.29) is 12.0 Å². The van der Waals surface area contributed by atoms with Gasteiger partial charge in [0.15, 0.2) is 0 Å². The third-order valence-electron chi connectivity index (χ3n) is 2.21. The highest BCUT2D eigenvalue weighted by atomic mass is 16.5. The monoisotopic (exact) mass is 195 g/mol. The number of nitrogens with zero attached hydrogens (tertiary/aromatic N) is 3. The molecule has 1 aliphatic heterocycles. The van der Waals surface area contributed by atoms with Gasteiger partial charge in [0, 0.05) is 32.3 Å². The normalized spacial score (nSPS) is 17.9. The minimum absolute atomic E-state index is 0.106. The first kappa shape index (κ1) is 9.21. The van der Waals surface area contributed by atoms with Gasteiger partial charge in [0.2, 0.25) is 11.8 Å². The maximum Gasteiger partial charge on any atom is 0.243 e. The fourth-order valence-corrected chi connectivity index (χ4v) is 1.43. The summed E-state index contributed by atoms with van der Waals surface area (Å²) in [7, 11) is 2.04. The molecule has 1 aromatic rings. The van der Waals surface area contributed by atoms with E-state index in [1.54, 1.807) is 12.3 Å². The zero-order chi connectivity index (χ0) is 10.1. The van der Waals surface area contributed by atoms with E-state index in [0.29, 0.717) is 5.88 Å². The summed E-state index contributed by atoms with van der Waals surface area (Å²) in [6.45, 7) is 3.31. The average molecular weight is 195 g/mol. The molecule has 0 bridgehead atoms. The smallest absolute Gasteiger partial charge is 0.243 e. The van der Waals surface area contributed by atoms with E-state index in [9.17, 15) is 4.79 Å². The number of carbonyl (C=O) groups excluding carboxylic acids is 1. The van der Waals surface area contributed by atoms with Crippen LogP contribution in [0, 0.1) is 0 Å². The number of hydrogen-bond donors (Lipinski definition) is 0. The van der Waals surface area contributed by atoms with Crippen LogP contribution in [0.3, 0.4) is 0 Å². The second-order valence-corrected chi connectivity index (χ2v) is 3.58. The molecule has 0 N–H and O–H groups in total. The lowest BCUT2D eigenvalue weighted by Crippen LogP contribution is -2.51. The SMILES string of the molecule is CC(=O)n1ccc(OC2CN(C)C2)n1. The molecular formula is C9H13N3O2. The van der Waals surface area contributed by atoms with Crippen molar-refractivity contribution < 1.29 is 9.53 Å². The van der Waals surface area contributed by atoms with Gasteiger partial charge in [-0.3, -0.25) is 9.69 Å². The minimum atomic E-state index is -0.106. The van der Waals surface area contributed by atoms with Gasteiger partial charge < -0.3 is 4.74 Å². The molecule has 14 heavy (non-hydrogen) atoms. The van der Waals surface area contributed by atoms with Gasteiger partial charge in [0.05, 0.1) is 0 Å². The van der Waals surface area contributed by atoms with Crippen LogP contribution < -0.4 is 4.74 Å². The highest BCUT2D eigenvalue weighted by Gasteiger charge is 2.25. The van der Waals surface area contributed by atoms with Gasteiger partial charge in [-0.2, -0.15) is 0 Å². The van der Waals surface area contributed by atoms with E-state index in [2.05, 4.69) is 10.00 Å². The molecule has 1 saturated heterocycles. The zero-order valence-electron chi connectivity index (χ0n) is 8.30. The van der Waals surface area contributed by atoms with E-state index in [1.165, 1.54) is 11.6 Å². The number of hydrogen-bond acceptors (Lipinski definition) is 4. The number of aromatic nitrogens is 2. The Labute approximate surface area is 82.3 Å². The predicted molar refractivity (Wildman–Crippen MR) is 50.4 cm³/mol. The summed E-state index contributed by atoms with van der Waals surface area (Å²) in [5, 5.41) is 3.98. The van der Waals surface area contributed by atoms with Crippen LogP contribution >= 0.6 is 0 Å². The van der Waals surface area contributed by atoms with Gasteiger partial charge in [-0.25, -0.2) is 4.68 Å². The molecule has 0 amide bonds. The molecule has 1 aromatic heterocycles. The van der Waals surface area contributed by atoms with E-state index in [1.807, 2.05) is 7.05 Å². The van der Waals surface area contributed by atoms with Crippen LogP contribution in [0.1, 0.15) is 11.7 Å². The van der Waals surface area contributed by atoms with Crippen LogP contribution in [0.5, 0.6) is 5.88 Å². The average Bonchev–Trinajstić information content (AvgIpc) is 2.50. The Balaban J connectivity index is 1.93. The maximum absolute atomic E-state index is 10.9. The van der Waals surface area contributed by atoms with Crippen molar-refractivity contribution in [3.63, 3.8) is 0 Å². The minimum Gasteiger partial charge on any atom is -0.471 e. The van der Waals surface area contributed by atoms with Crippen LogP contribution in [0.4, 0.5) is 0 Å². The number of rotatable bonds is 2. The number of ether oxygens (including phenoxy) is 1. The molecule has 5 heteroatoms. The van der Waals surface area contributed by atoms with Crippen LogP contribution in [-0.4, -0.2) is 46.8 Å². The first-order chi connectivity index (χ1) is 6.65. The van der Waals surface area contributed by atoms with Crippen molar-refractivity contribution in [2.45, 2.75) is 13.0 Å². The van der Waals surface area contributed by atoms with Crippen molar-refractivity contribution in [3.8, 4) is 5.88 Å². The van der Waals surface area contributed by atoms with Gasteiger partial charge in [-0.15, -0.1) is 5.10 Å². The summed E-state index contributed by atoms with van der Waals surface area (Å²) >= 11 is 0. The number of carbonyl (C=O) groups is 1. The number of likely N-dealkylation sites (N-methyl/N-ethyl adjacent to an activating group) is 1. The molecule has 0 spiro atoms. The molecular weight excluding hydrogens is 182 g/mol. The third-order valence-corrected chi connectivity index (χ3v) is 2.21. The van der Waals surface area contributed by atoms with Crippen LogP contribution in [0.2, 0.25) is 0 Å².